The number of carbonyl (C=O) groups is 1. The summed E-state index contributed by atoms with van der Waals surface area (Å²) in [6.07, 6.45) is 5.95. The molecule has 4 fully saturated rings. The van der Waals surface area contributed by atoms with E-state index in [9.17, 15) is 20.1 Å². The van der Waals surface area contributed by atoms with Gasteiger partial charge in [0.05, 0.1) is 18.3 Å². The van der Waals surface area contributed by atoms with Crippen LogP contribution in [0.1, 0.15) is 78.6 Å². The van der Waals surface area contributed by atoms with Gasteiger partial charge in [-0.15, -0.1) is 0 Å². The first kappa shape index (κ1) is 21.6. The number of carboxylic acids is 1. The van der Waals surface area contributed by atoms with Crippen molar-refractivity contribution in [1.82, 2.24) is 0 Å². The summed E-state index contributed by atoms with van der Waals surface area (Å²) in [6, 6.07) is 0. The van der Waals surface area contributed by atoms with Gasteiger partial charge in [-0.05, 0) is 97.7 Å². The Morgan fingerprint density at radius 3 is 2.31 bits per heavy atom. The molecule has 0 heterocycles. The maximum Gasteiger partial charge on any atom is 0.303 e. The van der Waals surface area contributed by atoms with E-state index in [0.29, 0.717) is 48.3 Å². The fraction of sp³-hybridized carbons (Fsp3) is 0.958. The van der Waals surface area contributed by atoms with Gasteiger partial charge in [-0.3, -0.25) is 4.79 Å². The van der Waals surface area contributed by atoms with E-state index in [-0.39, 0.29) is 17.3 Å². The van der Waals surface area contributed by atoms with Gasteiger partial charge in [-0.25, -0.2) is 0 Å². The van der Waals surface area contributed by atoms with Crippen LogP contribution in [0.25, 0.3) is 0 Å². The van der Waals surface area contributed by atoms with Crippen molar-refractivity contribution in [2.75, 3.05) is 0 Å². The fourth-order valence-corrected chi connectivity index (χ4v) is 8.78. The van der Waals surface area contributed by atoms with Gasteiger partial charge in [-0.2, -0.15) is 0 Å². The fourth-order valence-electron chi connectivity index (χ4n) is 8.78. The van der Waals surface area contributed by atoms with Crippen LogP contribution in [0, 0.1) is 46.3 Å². The van der Waals surface area contributed by atoms with Crippen molar-refractivity contribution in [3.8, 4) is 0 Å². The minimum atomic E-state index is -0.736. The highest BCUT2D eigenvalue weighted by atomic mass is 16.4. The van der Waals surface area contributed by atoms with Gasteiger partial charge in [0, 0.05) is 6.42 Å². The smallest absolute Gasteiger partial charge is 0.303 e. The molecule has 5 nitrogen and oxygen atoms in total. The SMILES string of the molecule is CC(CCC(=O)O)C1CCC2C3CCC4CC(O)CC(O)C4(C)C3CC(O)C12C. The summed E-state index contributed by atoms with van der Waals surface area (Å²) >= 11 is 0. The van der Waals surface area contributed by atoms with E-state index in [4.69, 9.17) is 5.11 Å². The van der Waals surface area contributed by atoms with Crippen LogP contribution in [0.2, 0.25) is 0 Å². The summed E-state index contributed by atoms with van der Waals surface area (Å²) in [4.78, 5) is 11.1. The number of hydrogen-bond donors (Lipinski definition) is 4. The Morgan fingerprint density at radius 1 is 0.931 bits per heavy atom. The van der Waals surface area contributed by atoms with Crippen molar-refractivity contribution in [1.29, 1.82) is 0 Å². The van der Waals surface area contributed by atoms with Crippen LogP contribution in [0.15, 0.2) is 0 Å². The highest BCUT2D eigenvalue weighted by Gasteiger charge is 2.65. The third-order valence-corrected chi connectivity index (χ3v) is 10.4. The standard InChI is InChI=1S/C24H40O5/c1-13(4-9-22(28)29)17-7-8-18-16-6-5-14-10-15(25)11-20(26)23(14,2)19(16)12-21(27)24(17,18)3/h13-21,25-27H,4-12H2,1-3H3,(H,28,29). The van der Waals surface area contributed by atoms with Gasteiger partial charge >= 0.3 is 5.97 Å². The Balaban J connectivity index is 1.59. The Kier molecular flexibility index (Phi) is 5.57. The van der Waals surface area contributed by atoms with E-state index in [1.807, 2.05) is 0 Å². The van der Waals surface area contributed by atoms with Gasteiger partial charge in [0.25, 0.3) is 0 Å². The summed E-state index contributed by atoms with van der Waals surface area (Å²) in [5.74, 6) is 1.55. The van der Waals surface area contributed by atoms with Crippen molar-refractivity contribution in [2.24, 2.45) is 46.3 Å². The van der Waals surface area contributed by atoms with Crippen molar-refractivity contribution in [3.05, 3.63) is 0 Å². The largest absolute Gasteiger partial charge is 0.481 e. The molecule has 0 aromatic rings. The first-order valence-corrected chi connectivity index (χ1v) is 11.9. The molecule has 0 saturated heterocycles. The van der Waals surface area contributed by atoms with Crippen molar-refractivity contribution in [3.63, 3.8) is 0 Å². The summed E-state index contributed by atoms with van der Waals surface area (Å²) in [7, 11) is 0. The zero-order valence-corrected chi connectivity index (χ0v) is 18.3. The number of fused-ring (bicyclic) bond motifs is 5. The Labute approximate surface area is 174 Å². The molecule has 4 N–H and O–H groups in total. The summed E-state index contributed by atoms with van der Waals surface area (Å²) in [5, 5.41) is 41.8. The van der Waals surface area contributed by atoms with Crippen LogP contribution in [-0.2, 0) is 4.79 Å². The molecule has 4 aliphatic carbocycles. The zero-order valence-electron chi connectivity index (χ0n) is 18.3. The van der Waals surface area contributed by atoms with E-state index >= 15 is 0 Å². The maximum atomic E-state index is 11.5. The summed E-state index contributed by atoms with van der Waals surface area (Å²) < 4.78 is 0. The van der Waals surface area contributed by atoms with Gasteiger partial charge in [0.15, 0.2) is 0 Å². The van der Waals surface area contributed by atoms with Crippen LogP contribution >= 0.6 is 0 Å². The van der Waals surface area contributed by atoms with E-state index in [1.165, 1.54) is 0 Å². The van der Waals surface area contributed by atoms with E-state index in [0.717, 1.165) is 38.5 Å². The molecular weight excluding hydrogens is 368 g/mol. The van der Waals surface area contributed by atoms with Crippen molar-refractivity contribution in [2.45, 2.75) is 96.9 Å². The highest BCUT2D eigenvalue weighted by molar-refractivity contribution is 5.66. The number of aliphatic carboxylic acids is 1. The molecule has 166 valence electrons. The zero-order chi connectivity index (χ0) is 21.1. The molecule has 4 saturated carbocycles. The van der Waals surface area contributed by atoms with Crippen LogP contribution in [0.3, 0.4) is 0 Å². The third-order valence-electron chi connectivity index (χ3n) is 10.4. The Bertz CT molecular complexity index is 637. The highest BCUT2D eigenvalue weighted by Crippen LogP contribution is 2.68. The lowest BCUT2D eigenvalue weighted by atomic mass is 9.43. The molecule has 0 aliphatic heterocycles. The molecule has 0 radical (unpaired) electrons. The first-order chi connectivity index (χ1) is 13.6. The molecule has 0 bridgehead atoms. The molecule has 0 amide bonds. The molecule has 4 rings (SSSR count). The van der Waals surface area contributed by atoms with Crippen LogP contribution < -0.4 is 0 Å². The predicted molar refractivity (Wildman–Crippen MR) is 110 cm³/mol. The van der Waals surface area contributed by atoms with Crippen molar-refractivity contribution >= 4 is 5.97 Å². The number of aliphatic hydroxyl groups excluding tert-OH is 3. The molecule has 0 aromatic carbocycles. The Morgan fingerprint density at radius 2 is 1.62 bits per heavy atom. The number of rotatable bonds is 4. The molecule has 11 atom stereocenters. The van der Waals surface area contributed by atoms with Gasteiger partial charge < -0.3 is 20.4 Å². The minimum Gasteiger partial charge on any atom is -0.481 e. The van der Waals surface area contributed by atoms with Gasteiger partial charge in [0.1, 0.15) is 0 Å². The molecule has 29 heavy (non-hydrogen) atoms. The molecular formula is C24H40O5. The van der Waals surface area contributed by atoms with E-state index in [2.05, 4.69) is 20.8 Å². The van der Waals surface area contributed by atoms with Gasteiger partial charge in [0.2, 0.25) is 0 Å². The number of carboxylic acid groups (broad SMARTS) is 1. The monoisotopic (exact) mass is 408 g/mol. The summed E-state index contributed by atoms with van der Waals surface area (Å²) in [6.45, 7) is 6.66. The van der Waals surface area contributed by atoms with Crippen LogP contribution in [0.5, 0.6) is 0 Å². The van der Waals surface area contributed by atoms with E-state index < -0.39 is 24.3 Å². The number of hydrogen-bond acceptors (Lipinski definition) is 4. The second-order valence-corrected chi connectivity index (χ2v) is 11.4. The average molecular weight is 409 g/mol. The Hall–Kier alpha value is -0.650. The number of aliphatic hydroxyl groups is 3. The van der Waals surface area contributed by atoms with E-state index in [1.54, 1.807) is 0 Å². The molecule has 0 aromatic heterocycles. The second-order valence-electron chi connectivity index (χ2n) is 11.4. The quantitative estimate of drug-likeness (QED) is 0.571. The second kappa shape index (κ2) is 7.49. The topological polar surface area (TPSA) is 98.0 Å². The molecule has 4 aliphatic rings. The molecule has 11 unspecified atom stereocenters. The van der Waals surface area contributed by atoms with Gasteiger partial charge in [-0.1, -0.05) is 20.8 Å². The third kappa shape index (κ3) is 3.18. The average Bonchev–Trinajstić information content (AvgIpc) is 3.01. The minimum absolute atomic E-state index is 0.151. The lowest BCUT2D eigenvalue weighted by Gasteiger charge is -2.63. The van der Waals surface area contributed by atoms with Crippen LogP contribution in [-0.4, -0.2) is 44.7 Å². The van der Waals surface area contributed by atoms with Crippen LogP contribution in [0.4, 0.5) is 0 Å². The normalized spacial score (nSPS) is 52.9. The first-order valence-electron chi connectivity index (χ1n) is 11.9. The summed E-state index contributed by atoms with van der Waals surface area (Å²) in [5.41, 5.74) is -0.362. The molecule has 0 spiro atoms. The lowest BCUT2D eigenvalue weighted by Crippen LogP contribution is -2.62. The maximum absolute atomic E-state index is 11.5. The van der Waals surface area contributed by atoms with Crippen molar-refractivity contribution < 1.29 is 25.2 Å². The lowest BCUT2D eigenvalue weighted by molar-refractivity contribution is -0.207. The predicted octanol–water partition coefficient (Wildman–Crippen LogP) is 3.45. The molecule has 5 heteroatoms.